The number of carbonyl (C=O) groups is 1. The van der Waals surface area contributed by atoms with Crippen LogP contribution in [0.15, 0.2) is 48.2 Å². The number of Topliss-reactive ketones (excluding diaryl/α,β-unsaturated/α-hetero) is 1. The van der Waals surface area contributed by atoms with E-state index in [-0.39, 0.29) is 0 Å². The number of ketones is 1. The standard InChI is InChI=1S/C24H31NO3/c1-18-8-10-19(11-9-18)12-14-22(26)7-5-4-6-21(25)16-20-13-15-23(27-2)24(17-20)28-3/h8-11,13,15-17H,4-7,12,14,25H2,1-3H3. The molecule has 4 nitrogen and oxygen atoms in total. The normalized spacial score (nSPS) is 11.3. The maximum atomic E-state index is 12.1. The Morgan fingerprint density at radius 3 is 2.29 bits per heavy atom. The molecule has 2 rings (SSSR count). The van der Waals surface area contributed by atoms with E-state index in [4.69, 9.17) is 15.2 Å². The third kappa shape index (κ3) is 7.10. The Labute approximate surface area is 168 Å². The minimum absolute atomic E-state index is 0.322. The van der Waals surface area contributed by atoms with Gasteiger partial charge in [0.05, 0.1) is 14.2 Å². The first kappa shape index (κ1) is 21.5. The number of hydrogen-bond acceptors (Lipinski definition) is 4. The molecule has 150 valence electrons. The number of carbonyl (C=O) groups excluding carboxylic acids is 1. The molecule has 2 aromatic rings. The molecule has 4 heteroatoms. The Morgan fingerprint density at radius 1 is 0.929 bits per heavy atom. The van der Waals surface area contributed by atoms with Gasteiger partial charge in [0.25, 0.3) is 0 Å². The van der Waals surface area contributed by atoms with Crippen LogP contribution in [0.3, 0.4) is 0 Å². The van der Waals surface area contributed by atoms with E-state index in [9.17, 15) is 4.79 Å². The van der Waals surface area contributed by atoms with Crippen LogP contribution in [0.1, 0.15) is 48.8 Å². The average molecular weight is 382 g/mol. The van der Waals surface area contributed by atoms with Crippen LogP contribution in [0.5, 0.6) is 11.5 Å². The Hall–Kier alpha value is -2.75. The fraction of sp³-hybridized carbons (Fsp3) is 0.375. The maximum absolute atomic E-state index is 12.1. The summed E-state index contributed by atoms with van der Waals surface area (Å²) in [4.78, 5) is 12.1. The first-order valence-corrected chi connectivity index (χ1v) is 9.77. The predicted octanol–water partition coefficient (Wildman–Crippen LogP) is 5.07. The zero-order chi connectivity index (χ0) is 20.4. The van der Waals surface area contributed by atoms with Crippen molar-refractivity contribution in [3.8, 4) is 11.5 Å². The van der Waals surface area contributed by atoms with E-state index >= 15 is 0 Å². The van der Waals surface area contributed by atoms with Crippen LogP contribution < -0.4 is 15.2 Å². The van der Waals surface area contributed by atoms with Gasteiger partial charge in [0.15, 0.2) is 11.5 Å². The van der Waals surface area contributed by atoms with Crippen molar-refractivity contribution >= 4 is 11.9 Å². The molecule has 0 aliphatic heterocycles. The third-order valence-electron chi connectivity index (χ3n) is 4.74. The Balaban J connectivity index is 1.71. The van der Waals surface area contributed by atoms with Gasteiger partial charge in [0, 0.05) is 18.5 Å². The van der Waals surface area contributed by atoms with E-state index in [1.807, 2.05) is 24.3 Å². The molecule has 0 aromatic heterocycles. The predicted molar refractivity (Wildman–Crippen MR) is 115 cm³/mol. The highest BCUT2D eigenvalue weighted by Crippen LogP contribution is 2.28. The highest BCUT2D eigenvalue weighted by Gasteiger charge is 2.05. The lowest BCUT2D eigenvalue weighted by atomic mass is 10.0. The van der Waals surface area contributed by atoms with Crippen LogP contribution in [0, 0.1) is 6.92 Å². The number of aryl methyl sites for hydroxylation is 2. The molecule has 0 saturated carbocycles. The second-order valence-electron chi connectivity index (χ2n) is 7.07. The fourth-order valence-corrected chi connectivity index (χ4v) is 3.04. The van der Waals surface area contributed by atoms with Gasteiger partial charge in [-0.2, -0.15) is 0 Å². The number of ether oxygens (including phenoxy) is 2. The lowest BCUT2D eigenvalue weighted by Crippen LogP contribution is -2.02. The van der Waals surface area contributed by atoms with E-state index < -0.39 is 0 Å². The van der Waals surface area contributed by atoms with Crippen molar-refractivity contribution < 1.29 is 14.3 Å². The van der Waals surface area contributed by atoms with Crippen molar-refractivity contribution in [2.24, 2.45) is 5.73 Å². The summed E-state index contributed by atoms with van der Waals surface area (Å²) >= 11 is 0. The van der Waals surface area contributed by atoms with Gasteiger partial charge < -0.3 is 15.2 Å². The van der Waals surface area contributed by atoms with Crippen LogP contribution in [-0.2, 0) is 11.2 Å². The molecule has 0 saturated heterocycles. The van der Waals surface area contributed by atoms with E-state index in [1.165, 1.54) is 11.1 Å². The number of methoxy groups -OCH3 is 2. The van der Waals surface area contributed by atoms with Gasteiger partial charge in [-0.15, -0.1) is 0 Å². The van der Waals surface area contributed by atoms with Gasteiger partial charge in [0.2, 0.25) is 0 Å². The molecular formula is C24H31NO3. The summed E-state index contributed by atoms with van der Waals surface area (Å²) in [5, 5.41) is 0. The van der Waals surface area contributed by atoms with Crippen molar-refractivity contribution in [2.75, 3.05) is 14.2 Å². The van der Waals surface area contributed by atoms with Crippen LogP contribution in [0.2, 0.25) is 0 Å². The van der Waals surface area contributed by atoms with Crippen molar-refractivity contribution in [3.63, 3.8) is 0 Å². The van der Waals surface area contributed by atoms with Crippen LogP contribution in [-0.4, -0.2) is 20.0 Å². The molecule has 28 heavy (non-hydrogen) atoms. The smallest absolute Gasteiger partial charge is 0.161 e. The second-order valence-corrected chi connectivity index (χ2v) is 7.07. The van der Waals surface area contributed by atoms with E-state index in [2.05, 4.69) is 31.2 Å². The van der Waals surface area contributed by atoms with Gasteiger partial charge in [-0.25, -0.2) is 0 Å². The SMILES string of the molecule is COc1ccc(C=C(N)CCCCC(=O)CCc2ccc(C)cc2)cc1OC. The minimum atomic E-state index is 0.322. The summed E-state index contributed by atoms with van der Waals surface area (Å²) < 4.78 is 10.6. The largest absolute Gasteiger partial charge is 0.493 e. The first-order chi connectivity index (χ1) is 13.5. The summed E-state index contributed by atoms with van der Waals surface area (Å²) in [5.74, 6) is 1.70. The quantitative estimate of drug-likeness (QED) is 0.552. The minimum Gasteiger partial charge on any atom is -0.493 e. The van der Waals surface area contributed by atoms with E-state index in [0.29, 0.717) is 30.1 Å². The summed E-state index contributed by atoms with van der Waals surface area (Å²) in [7, 11) is 3.23. The zero-order valence-corrected chi connectivity index (χ0v) is 17.2. The van der Waals surface area contributed by atoms with Crippen LogP contribution in [0.25, 0.3) is 6.08 Å². The van der Waals surface area contributed by atoms with E-state index in [1.54, 1.807) is 14.2 Å². The molecule has 0 aliphatic rings. The molecule has 0 unspecified atom stereocenters. The Bertz CT molecular complexity index is 794. The maximum Gasteiger partial charge on any atom is 0.161 e. The lowest BCUT2D eigenvalue weighted by Gasteiger charge is -2.08. The number of nitrogens with two attached hydrogens (primary N) is 1. The molecule has 0 fully saturated rings. The lowest BCUT2D eigenvalue weighted by molar-refractivity contribution is -0.119. The summed E-state index contributed by atoms with van der Waals surface area (Å²) in [5.41, 5.74) is 10.4. The zero-order valence-electron chi connectivity index (χ0n) is 17.2. The van der Waals surface area contributed by atoms with E-state index in [0.717, 1.165) is 36.9 Å². The molecule has 0 spiro atoms. The van der Waals surface area contributed by atoms with Gasteiger partial charge in [-0.3, -0.25) is 4.79 Å². The van der Waals surface area contributed by atoms with Gasteiger partial charge in [0.1, 0.15) is 5.78 Å². The topological polar surface area (TPSA) is 61.5 Å². The molecule has 0 bridgehead atoms. The monoisotopic (exact) mass is 381 g/mol. The van der Waals surface area contributed by atoms with Gasteiger partial charge in [-0.05, 0) is 61.9 Å². The van der Waals surface area contributed by atoms with Gasteiger partial charge >= 0.3 is 0 Å². The molecule has 0 amide bonds. The van der Waals surface area contributed by atoms with Crippen molar-refractivity contribution in [3.05, 3.63) is 64.9 Å². The molecular weight excluding hydrogens is 350 g/mol. The first-order valence-electron chi connectivity index (χ1n) is 9.77. The number of unbranched alkanes of at least 4 members (excludes halogenated alkanes) is 1. The number of rotatable bonds is 11. The molecule has 0 aliphatic carbocycles. The molecule has 2 N–H and O–H groups in total. The van der Waals surface area contributed by atoms with Crippen LogP contribution >= 0.6 is 0 Å². The summed E-state index contributed by atoms with van der Waals surface area (Å²) in [6.07, 6.45) is 6.55. The highest BCUT2D eigenvalue weighted by atomic mass is 16.5. The molecule has 2 aromatic carbocycles. The Kier molecular flexibility index (Phi) is 8.60. The molecule has 0 radical (unpaired) electrons. The number of benzene rings is 2. The van der Waals surface area contributed by atoms with Crippen molar-refractivity contribution in [1.29, 1.82) is 0 Å². The number of hydrogen-bond donors (Lipinski definition) is 1. The van der Waals surface area contributed by atoms with Gasteiger partial charge in [-0.1, -0.05) is 35.9 Å². The second kappa shape index (κ2) is 11.2. The summed E-state index contributed by atoms with van der Waals surface area (Å²) in [6, 6.07) is 14.1. The summed E-state index contributed by atoms with van der Waals surface area (Å²) in [6.45, 7) is 2.07. The average Bonchev–Trinajstić information content (AvgIpc) is 2.70. The number of allylic oxidation sites excluding steroid dienone is 1. The van der Waals surface area contributed by atoms with Crippen molar-refractivity contribution in [1.82, 2.24) is 0 Å². The fourth-order valence-electron chi connectivity index (χ4n) is 3.04. The third-order valence-corrected chi connectivity index (χ3v) is 4.74. The Morgan fingerprint density at radius 2 is 1.61 bits per heavy atom. The highest BCUT2D eigenvalue weighted by molar-refractivity contribution is 5.78. The molecule has 0 atom stereocenters. The van der Waals surface area contributed by atoms with Crippen LogP contribution in [0.4, 0.5) is 0 Å². The van der Waals surface area contributed by atoms with Crippen molar-refractivity contribution in [2.45, 2.75) is 45.4 Å². The molecule has 0 heterocycles.